The molecule has 3 aromatic rings. The summed E-state index contributed by atoms with van der Waals surface area (Å²) in [5, 5.41) is 11.3. The second-order valence-electron chi connectivity index (χ2n) is 6.97. The number of thiophene rings is 1. The highest BCUT2D eigenvalue weighted by atomic mass is 32.2. The summed E-state index contributed by atoms with van der Waals surface area (Å²) >= 11 is 3.08. The number of amides is 1. The Morgan fingerprint density at radius 3 is 2.86 bits per heavy atom. The van der Waals surface area contributed by atoms with E-state index < -0.39 is 0 Å². The maximum atomic E-state index is 13.4. The SMILES string of the molecule is C[C@H](Sc1nnc(-c2cccs2)n1C1CC1)C(=O)N(C)Cc1cccc(F)c1. The Balaban J connectivity index is 1.47. The predicted octanol–water partition coefficient (Wildman–Crippen LogP) is 4.62. The van der Waals surface area contributed by atoms with Gasteiger partial charge in [0.1, 0.15) is 5.82 Å². The van der Waals surface area contributed by atoms with Crippen molar-refractivity contribution >= 4 is 29.0 Å². The Bertz CT molecular complexity index is 969. The molecule has 1 fully saturated rings. The van der Waals surface area contributed by atoms with Crippen LogP contribution in [0.4, 0.5) is 4.39 Å². The summed E-state index contributed by atoms with van der Waals surface area (Å²) in [6, 6.07) is 10.8. The molecule has 1 saturated carbocycles. The van der Waals surface area contributed by atoms with Crippen LogP contribution in [0.3, 0.4) is 0 Å². The number of thioether (sulfide) groups is 1. The van der Waals surface area contributed by atoms with Gasteiger partial charge in [-0.25, -0.2) is 4.39 Å². The van der Waals surface area contributed by atoms with Crippen molar-refractivity contribution in [2.45, 2.75) is 42.8 Å². The molecule has 1 atom stereocenters. The topological polar surface area (TPSA) is 51.0 Å². The molecule has 1 aliphatic rings. The van der Waals surface area contributed by atoms with Crippen molar-refractivity contribution < 1.29 is 9.18 Å². The number of aromatic nitrogens is 3. The standard InChI is InChI=1S/C20H21FN4OS2/c1-13(19(26)24(2)12-14-5-3-6-15(21)11-14)28-20-23-22-18(17-7-4-10-27-17)25(20)16-8-9-16/h3-7,10-11,13,16H,8-9,12H2,1-2H3/t13-/m0/s1. The van der Waals surface area contributed by atoms with Crippen LogP contribution in [0, 0.1) is 5.82 Å². The van der Waals surface area contributed by atoms with E-state index >= 15 is 0 Å². The van der Waals surface area contributed by atoms with Gasteiger partial charge in [0.25, 0.3) is 0 Å². The van der Waals surface area contributed by atoms with Crippen LogP contribution in [0.15, 0.2) is 46.9 Å². The molecule has 0 aliphatic heterocycles. The van der Waals surface area contributed by atoms with E-state index in [2.05, 4.69) is 14.8 Å². The quantitative estimate of drug-likeness (QED) is 0.528. The molecule has 2 aromatic heterocycles. The number of halogens is 1. The molecule has 1 aromatic carbocycles. The average Bonchev–Trinajstić information content (AvgIpc) is 3.19. The predicted molar refractivity (Wildman–Crippen MR) is 110 cm³/mol. The highest BCUT2D eigenvalue weighted by Gasteiger charge is 2.32. The molecule has 4 rings (SSSR count). The number of nitrogens with zero attached hydrogens (tertiary/aromatic N) is 4. The summed E-state index contributed by atoms with van der Waals surface area (Å²) in [6.07, 6.45) is 2.23. The Morgan fingerprint density at radius 1 is 1.36 bits per heavy atom. The molecule has 0 saturated heterocycles. The number of carbonyl (C=O) groups excluding carboxylic acids is 1. The van der Waals surface area contributed by atoms with Gasteiger partial charge in [-0.2, -0.15) is 0 Å². The second-order valence-corrected chi connectivity index (χ2v) is 9.22. The van der Waals surface area contributed by atoms with E-state index in [1.807, 2.05) is 30.5 Å². The van der Waals surface area contributed by atoms with Crippen LogP contribution in [-0.2, 0) is 11.3 Å². The molecule has 146 valence electrons. The van der Waals surface area contributed by atoms with Gasteiger partial charge in [-0.15, -0.1) is 21.5 Å². The fourth-order valence-corrected chi connectivity index (χ4v) is 4.84. The second kappa shape index (κ2) is 8.05. The third-order valence-corrected chi connectivity index (χ3v) is 6.54. The summed E-state index contributed by atoms with van der Waals surface area (Å²) in [6.45, 7) is 2.25. The first-order valence-corrected chi connectivity index (χ1v) is 10.9. The number of benzene rings is 1. The molecule has 1 amide bonds. The normalized spacial score (nSPS) is 14.8. The zero-order valence-corrected chi connectivity index (χ0v) is 17.3. The first-order chi connectivity index (χ1) is 13.5. The lowest BCUT2D eigenvalue weighted by atomic mass is 10.2. The number of carbonyl (C=O) groups is 1. The van der Waals surface area contributed by atoms with Gasteiger partial charge in [-0.3, -0.25) is 9.36 Å². The van der Waals surface area contributed by atoms with E-state index in [1.165, 1.54) is 23.9 Å². The first kappa shape index (κ1) is 19.1. The summed E-state index contributed by atoms with van der Waals surface area (Å²) in [5.74, 6) is 0.574. The lowest BCUT2D eigenvalue weighted by molar-refractivity contribution is -0.129. The molecule has 0 N–H and O–H groups in total. The zero-order valence-electron chi connectivity index (χ0n) is 15.7. The molecule has 0 unspecified atom stereocenters. The van der Waals surface area contributed by atoms with Crippen LogP contribution < -0.4 is 0 Å². The third-order valence-electron chi connectivity index (χ3n) is 4.63. The van der Waals surface area contributed by atoms with Gasteiger partial charge in [0.05, 0.1) is 10.1 Å². The minimum atomic E-state index is -0.309. The van der Waals surface area contributed by atoms with E-state index in [0.29, 0.717) is 12.6 Å². The Hall–Kier alpha value is -2.19. The van der Waals surface area contributed by atoms with Crippen molar-refractivity contribution in [2.24, 2.45) is 0 Å². The van der Waals surface area contributed by atoms with Gasteiger partial charge in [0.15, 0.2) is 11.0 Å². The van der Waals surface area contributed by atoms with Crippen LogP contribution in [0.5, 0.6) is 0 Å². The molecule has 0 spiro atoms. The van der Waals surface area contributed by atoms with Crippen molar-refractivity contribution in [3.8, 4) is 10.7 Å². The molecule has 8 heteroatoms. The summed E-state index contributed by atoms with van der Waals surface area (Å²) < 4.78 is 15.6. The van der Waals surface area contributed by atoms with Gasteiger partial charge in [-0.1, -0.05) is 30.0 Å². The van der Waals surface area contributed by atoms with E-state index in [1.54, 1.807) is 29.4 Å². The first-order valence-electron chi connectivity index (χ1n) is 9.18. The fraction of sp³-hybridized carbons (Fsp3) is 0.350. The molecule has 2 heterocycles. The largest absolute Gasteiger partial charge is 0.340 e. The average molecular weight is 417 g/mol. The van der Waals surface area contributed by atoms with Crippen molar-refractivity contribution in [1.82, 2.24) is 19.7 Å². The van der Waals surface area contributed by atoms with Gasteiger partial charge in [0, 0.05) is 19.6 Å². The summed E-state index contributed by atoms with van der Waals surface area (Å²) in [5.41, 5.74) is 0.772. The maximum Gasteiger partial charge on any atom is 0.235 e. The van der Waals surface area contributed by atoms with E-state index in [-0.39, 0.29) is 17.0 Å². The van der Waals surface area contributed by atoms with E-state index in [9.17, 15) is 9.18 Å². The summed E-state index contributed by atoms with van der Waals surface area (Å²) in [7, 11) is 1.74. The van der Waals surface area contributed by atoms with Gasteiger partial charge in [-0.05, 0) is 48.9 Å². The highest BCUT2D eigenvalue weighted by Crippen LogP contribution is 2.42. The lowest BCUT2D eigenvalue weighted by Crippen LogP contribution is -2.33. The number of rotatable bonds is 7. The zero-order chi connectivity index (χ0) is 19.7. The Labute approximate surface area is 171 Å². The van der Waals surface area contributed by atoms with Gasteiger partial charge < -0.3 is 4.90 Å². The maximum absolute atomic E-state index is 13.4. The van der Waals surface area contributed by atoms with E-state index in [4.69, 9.17) is 0 Å². The van der Waals surface area contributed by atoms with E-state index in [0.717, 1.165) is 34.3 Å². The minimum absolute atomic E-state index is 0.0164. The van der Waals surface area contributed by atoms with Crippen molar-refractivity contribution in [1.29, 1.82) is 0 Å². The third kappa shape index (κ3) is 4.12. The highest BCUT2D eigenvalue weighted by molar-refractivity contribution is 8.00. The van der Waals surface area contributed by atoms with Crippen LogP contribution in [0.2, 0.25) is 0 Å². The van der Waals surface area contributed by atoms with Crippen LogP contribution in [0.1, 0.15) is 31.4 Å². The van der Waals surface area contributed by atoms with Gasteiger partial charge >= 0.3 is 0 Å². The summed E-state index contributed by atoms with van der Waals surface area (Å²) in [4.78, 5) is 15.5. The molecular formula is C20H21FN4OS2. The van der Waals surface area contributed by atoms with Crippen molar-refractivity contribution in [3.63, 3.8) is 0 Å². The van der Waals surface area contributed by atoms with Crippen molar-refractivity contribution in [3.05, 3.63) is 53.2 Å². The Kier molecular flexibility index (Phi) is 5.50. The molecule has 5 nitrogen and oxygen atoms in total. The lowest BCUT2D eigenvalue weighted by Gasteiger charge is -2.21. The number of hydrogen-bond acceptors (Lipinski definition) is 5. The van der Waals surface area contributed by atoms with Crippen LogP contribution >= 0.6 is 23.1 Å². The molecule has 0 radical (unpaired) electrons. The monoisotopic (exact) mass is 416 g/mol. The minimum Gasteiger partial charge on any atom is -0.340 e. The molecule has 0 bridgehead atoms. The van der Waals surface area contributed by atoms with Crippen LogP contribution in [-0.4, -0.2) is 37.9 Å². The molecule has 1 aliphatic carbocycles. The fourth-order valence-electron chi connectivity index (χ4n) is 3.10. The Morgan fingerprint density at radius 2 is 2.18 bits per heavy atom. The van der Waals surface area contributed by atoms with Crippen LogP contribution in [0.25, 0.3) is 10.7 Å². The van der Waals surface area contributed by atoms with Crippen molar-refractivity contribution in [2.75, 3.05) is 7.05 Å². The molecule has 28 heavy (non-hydrogen) atoms. The number of hydrogen-bond donors (Lipinski definition) is 0. The van der Waals surface area contributed by atoms with Gasteiger partial charge in [0.2, 0.25) is 5.91 Å². The smallest absolute Gasteiger partial charge is 0.235 e. The molecular weight excluding hydrogens is 395 g/mol.